The van der Waals surface area contributed by atoms with Crippen LogP contribution in [-0.4, -0.2) is 59.0 Å². The van der Waals surface area contributed by atoms with Crippen LogP contribution < -0.4 is 11.1 Å². The van der Waals surface area contributed by atoms with E-state index in [0.29, 0.717) is 12.8 Å². The standard InChI is InChI=1S/C43H89N2O7P/c1-3-5-7-9-11-13-15-17-19-21-22-24-26-28-30-32-34-40(46)38-43(48)45-41(39-52-53(49,50)51-37-36-44)42(47)35-33-31-29-27-25-23-20-18-16-14-12-10-8-6-4-2/h40-42,46-47H,3-39,44H2,1-2H3,(H,45,48)(H,49,50). The predicted molar refractivity (Wildman–Crippen MR) is 223 cm³/mol. The van der Waals surface area contributed by atoms with Crippen LogP contribution >= 0.6 is 7.82 Å². The van der Waals surface area contributed by atoms with E-state index in [1.807, 2.05) is 0 Å². The molecule has 0 aliphatic carbocycles. The van der Waals surface area contributed by atoms with E-state index in [1.54, 1.807) is 0 Å². The van der Waals surface area contributed by atoms with Gasteiger partial charge in [0.05, 0.1) is 37.9 Å². The minimum absolute atomic E-state index is 0.0627. The first-order valence-electron chi connectivity index (χ1n) is 22.7. The van der Waals surface area contributed by atoms with E-state index in [9.17, 15) is 24.5 Å². The molecule has 1 amide bonds. The van der Waals surface area contributed by atoms with Crippen molar-refractivity contribution >= 4 is 13.7 Å². The lowest BCUT2D eigenvalue weighted by Crippen LogP contribution is -2.47. The van der Waals surface area contributed by atoms with E-state index < -0.39 is 32.0 Å². The summed E-state index contributed by atoms with van der Waals surface area (Å²) in [6.45, 7) is 4.07. The monoisotopic (exact) mass is 777 g/mol. The van der Waals surface area contributed by atoms with Gasteiger partial charge in [-0.15, -0.1) is 0 Å². The maximum atomic E-state index is 12.8. The highest BCUT2D eigenvalue weighted by Crippen LogP contribution is 2.43. The normalized spacial score (nSPS) is 14.6. The van der Waals surface area contributed by atoms with Gasteiger partial charge in [-0.2, -0.15) is 0 Å². The Hall–Kier alpha value is -0.540. The lowest BCUT2D eigenvalue weighted by atomic mass is 10.0. The highest BCUT2D eigenvalue weighted by molar-refractivity contribution is 7.47. The third kappa shape index (κ3) is 38.1. The van der Waals surface area contributed by atoms with Gasteiger partial charge in [0, 0.05) is 6.54 Å². The van der Waals surface area contributed by atoms with Crippen LogP contribution in [0.15, 0.2) is 0 Å². The molecule has 0 aliphatic heterocycles. The van der Waals surface area contributed by atoms with Gasteiger partial charge in [0.15, 0.2) is 0 Å². The number of aliphatic hydroxyl groups excluding tert-OH is 2. The molecule has 9 nitrogen and oxygen atoms in total. The van der Waals surface area contributed by atoms with Crippen LogP contribution in [0.2, 0.25) is 0 Å². The van der Waals surface area contributed by atoms with Gasteiger partial charge in [0.1, 0.15) is 0 Å². The number of carbonyl (C=O) groups excluding carboxylic acids is 1. The molecule has 0 heterocycles. The topological polar surface area (TPSA) is 151 Å². The van der Waals surface area contributed by atoms with Crippen molar-refractivity contribution < 1.29 is 33.5 Å². The van der Waals surface area contributed by atoms with Crippen molar-refractivity contribution in [1.29, 1.82) is 0 Å². The zero-order valence-electron chi connectivity index (χ0n) is 34.9. The molecule has 0 rings (SSSR count). The third-order valence-electron chi connectivity index (χ3n) is 10.5. The van der Waals surface area contributed by atoms with E-state index in [-0.39, 0.29) is 26.2 Å². The number of phosphoric ester groups is 1. The highest BCUT2D eigenvalue weighted by Gasteiger charge is 2.28. The first-order valence-corrected chi connectivity index (χ1v) is 24.2. The van der Waals surface area contributed by atoms with E-state index in [4.69, 9.17) is 14.8 Å². The summed E-state index contributed by atoms with van der Waals surface area (Å²) < 4.78 is 22.1. The maximum absolute atomic E-state index is 12.8. The van der Waals surface area contributed by atoms with Gasteiger partial charge in [-0.25, -0.2) is 4.57 Å². The van der Waals surface area contributed by atoms with Crippen LogP contribution in [0, 0.1) is 0 Å². The number of rotatable bonds is 43. The van der Waals surface area contributed by atoms with Crippen molar-refractivity contribution in [2.45, 2.75) is 250 Å². The van der Waals surface area contributed by atoms with Crippen LogP contribution in [0.5, 0.6) is 0 Å². The molecule has 10 heteroatoms. The summed E-state index contributed by atoms with van der Waals surface area (Å²) >= 11 is 0. The Balaban J connectivity index is 4.21. The van der Waals surface area contributed by atoms with Gasteiger partial charge in [-0.1, -0.05) is 213 Å². The zero-order valence-corrected chi connectivity index (χ0v) is 35.8. The van der Waals surface area contributed by atoms with Gasteiger partial charge < -0.3 is 26.2 Å². The van der Waals surface area contributed by atoms with E-state index >= 15 is 0 Å². The number of hydrogen-bond donors (Lipinski definition) is 5. The van der Waals surface area contributed by atoms with Crippen LogP contribution in [-0.2, 0) is 18.4 Å². The summed E-state index contributed by atoms with van der Waals surface area (Å²) in [4.78, 5) is 22.8. The largest absolute Gasteiger partial charge is 0.472 e. The fraction of sp³-hybridized carbons (Fsp3) is 0.977. The molecule has 0 aliphatic rings. The first kappa shape index (κ1) is 52.5. The smallest absolute Gasteiger partial charge is 0.393 e. The van der Waals surface area contributed by atoms with Crippen molar-refractivity contribution in [3.05, 3.63) is 0 Å². The Labute approximate surface area is 327 Å². The predicted octanol–water partition coefficient (Wildman–Crippen LogP) is 11.6. The lowest BCUT2D eigenvalue weighted by Gasteiger charge is -2.25. The molecular formula is C43H89N2O7P. The molecule has 0 spiro atoms. The SMILES string of the molecule is CCCCCCCCCCCCCCCCCCC(O)CC(=O)NC(COP(=O)(O)OCCN)C(O)CCCCCCCCCCCCCCCCC. The first-order chi connectivity index (χ1) is 25.8. The van der Waals surface area contributed by atoms with Crippen molar-refractivity contribution in [1.82, 2.24) is 5.32 Å². The summed E-state index contributed by atoms with van der Waals surface area (Å²) in [5.41, 5.74) is 5.37. The summed E-state index contributed by atoms with van der Waals surface area (Å²) in [5.74, 6) is -0.409. The van der Waals surface area contributed by atoms with Gasteiger partial charge in [-0.3, -0.25) is 13.8 Å². The van der Waals surface area contributed by atoms with E-state index in [1.165, 1.54) is 161 Å². The minimum Gasteiger partial charge on any atom is -0.393 e. The molecule has 0 radical (unpaired) electrons. The average Bonchev–Trinajstić information content (AvgIpc) is 3.13. The number of carbonyl (C=O) groups is 1. The third-order valence-corrected chi connectivity index (χ3v) is 11.5. The molecule has 0 aromatic carbocycles. The molecule has 0 saturated carbocycles. The molecule has 6 N–H and O–H groups in total. The van der Waals surface area contributed by atoms with Crippen LogP contribution in [0.3, 0.4) is 0 Å². The van der Waals surface area contributed by atoms with Crippen molar-refractivity contribution in [2.24, 2.45) is 5.73 Å². The lowest BCUT2D eigenvalue weighted by molar-refractivity contribution is -0.125. The van der Waals surface area contributed by atoms with Gasteiger partial charge in [0.2, 0.25) is 5.91 Å². The fourth-order valence-corrected chi connectivity index (χ4v) is 7.82. The second-order valence-corrected chi connectivity index (χ2v) is 17.3. The highest BCUT2D eigenvalue weighted by atomic mass is 31.2. The average molecular weight is 777 g/mol. The number of phosphoric acid groups is 1. The van der Waals surface area contributed by atoms with Crippen molar-refractivity contribution in [3.8, 4) is 0 Å². The summed E-state index contributed by atoms with van der Waals surface area (Å²) in [6, 6.07) is -0.890. The second-order valence-electron chi connectivity index (χ2n) is 15.8. The maximum Gasteiger partial charge on any atom is 0.472 e. The number of unbranched alkanes of at least 4 members (excludes halogenated alkanes) is 29. The molecule has 0 bridgehead atoms. The quantitative estimate of drug-likeness (QED) is 0.0303. The van der Waals surface area contributed by atoms with E-state index in [0.717, 1.165) is 38.5 Å². The summed E-state index contributed by atoms with van der Waals surface area (Å²) in [5, 5.41) is 24.2. The summed E-state index contributed by atoms with van der Waals surface area (Å²) in [7, 11) is -4.37. The number of aliphatic hydroxyl groups is 2. The molecular weight excluding hydrogens is 687 g/mol. The van der Waals surface area contributed by atoms with Gasteiger partial charge in [0.25, 0.3) is 0 Å². The Morgan fingerprint density at radius 3 is 1.26 bits per heavy atom. The Bertz CT molecular complexity index is 822. The molecule has 318 valence electrons. The molecule has 0 saturated heterocycles. The van der Waals surface area contributed by atoms with Crippen molar-refractivity contribution in [2.75, 3.05) is 19.8 Å². The number of nitrogens with two attached hydrogens (primary N) is 1. The number of amides is 1. The Morgan fingerprint density at radius 2 is 0.906 bits per heavy atom. The van der Waals surface area contributed by atoms with Gasteiger partial charge >= 0.3 is 7.82 Å². The molecule has 0 aromatic rings. The number of hydrogen-bond acceptors (Lipinski definition) is 7. The number of nitrogens with one attached hydrogen (secondary N) is 1. The molecule has 4 unspecified atom stereocenters. The molecule has 0 fully saturated rings. The molecule has 53 heavy (non-hydrogen) atoms. The minimum atomic E-state index is -4.37. The van der Waals surface area contributed by atoms with Crippen LogP contribution in [0.4, 0.5) is 0 Å². The van der Waals surface area contributed by atoms with Crippen LogP contribution in [0.25, 0.3) is 0 Å². The Morgan fingerprint density at radius 1 is 0.566 bits per heavy atom. The second kappa shape index (κ2) is 39.7. The van der Waals surface area contributed by atoms with Crippen LogP contribution in [0.1, 0.15) is 232 Å². The summed E-state index contributed by atoms with van der Waals surface area (Å²) in [6.07, 6.45) is 38.5. The Kier molecular flexibility index (Phi) is 39.3. The van der Waals surface area contributed by atoms with Crippen molar-refractivity contribution in [3.63, 3.8) is 0 Å². The molecule has 4 atom stereocenters. The molecule has 0 aromatic heterocycles. The van der Waals surface area contributed by atoms with E-state index in [2.05, 4.69) is 19.2 Å². The zero-order chi connectivity index (χ0) is 39.1. The fourth-order valence-electron chi connectivity index (χ4n) is 7.06. The van der Waals surface area contributed by atoms with Gasteiger partial charge in [-0.05, 0) is 12.8 Å².